The second kappa shape index (κ2) is 6.86. The predicted octanol–water partition coefficient (Wildman–Crippen LogP) is 2.45. The van der Waals surface area contributed by atoms with Gasteiger partial charge < -0.3 is 15.0 Å². The summed E-state index contributed by atoms with van der Waals surface area (Å²) >= 11 is 0. The molecule has 1 aromatic carbocycles. The molecule has 0 aliphatic heterocycles. The van der Waals surface area contributed by atoms with E-state index in [1.54, 1.807) is 17.7 Å². The Morgan fingerprint density at radius 2 is 1.87 bits per heavy atom. The van der Waals surface area contributed by atoms with Crippen LogP contribution in [0.5, 0.6) is 0 Å². The van der Waals surface area contributed by atoms with Gasteiger partial charge in [-0.2, -0.15) is 5.26 Å². The van der Waals surface area contributed by atoms with Gasteiger partial charge in [-0.3, -0.25) is 0 Å². The van der Waals surface area contributed by atoms with Gasteiger partial charge in [-0.1, -0.05) is 0 Å². The summed E-state index contributed by atoms with van der Waals surface area (Å²) in [5.74, 6) is -4.14. The number of nitriles is 1. The first-order valence-corrected chi connectivity index (χ1v) is 6.93. The molecule has 0 amide bonds. The van der Waals surface area contributed by atoms with Gasteiger partial charge in [0.1, 0.15) is 11.8 Å². The largest absolute Gasteiger partial charge is 0.394 e. The summed E-state index contributed by atoms with van der Waals surface area (Å²) in [5.41, 5.74) is 2.28. The molecule has 122 valence electrons. The normalized spacial score (nSPS) is 12.2. The van der Waals surface area contributed by atoms with Crippen molar-refractivity contribution in [3.05, 3.63) is 58.2 Å². The van der Waals surface area contributed by atoms with E-state index in [2.05, 4.69) is 11.4 Å². The van der Waals surface area contributed by atoms with Gasteiger partial charge in [0, 0.05) is 19.3 Å². The van der Waals surface area contributed by atoms with Crippen molar-refractivity contribution < 1.29 is 18.3 Å². The third kappa shape index (κ3) is 3.38. The molecule has 0 spiro atoms. The van der Waals surface area contributed by atoms with E-state index >= 15 is 0 Å². The van der Waals surface area contributed by atoms with Crippen LogP contribution in [0.25, 0.3) is 0 Å². The molecule has 0 aliphatic carbocycles. The van der Waals surface area contributed by atoms with Gasteiger partial charge in [0.05, 0.1) is 12.6 Å². The van der Waals surface area contributed by atoms with Crippen LogP contribution in [-0.2, 0) is 13.6 Å². The van der Waals surface area contributed by atoms with Crippen LogP contribution < -0.4 is 5.32 Å². The van der Waals surface area contributed by atoms with E-state index in [1.165, 1.54) is 0 Å². The number of hydrogen-bond donors (Lipinski definition) is 2. The molecular weight excluding hydrogens is 307 g/mol. The molecule has 4 nitrogen and oxygen atoms in total. The number of hydrogen-bond acceptors (Lipinski definition) is 3. The van der Waals surface area contributed by atoms with Gasteiger partial charge in [0.25, 0.3) is 0 Å². The summed E-state index contributed by atoms with van der Waals surface area (Å²) in [5, 5.41) is 21.4. The zero-order chi connectivity index (χ0) is 17.1. The van der Waals surface area contributed by atoms with Crippen molar-refractivity contribution >= 4 is 0 Å². The van der Waals surface area contributed by atoms with Crippen LogP contribution in [0.2, 0.25) is 0 Å². The first kappa shape index (κ1) is 17.1. The Balaban J connectivity index is 2.20. The van der Waals surface area contributed by atoms with Crippen molar-refractivity contribution in [2.24, 2.45) is 7.05 Å². The Hall–Kier alpha value is -2.30. The molecule has 0 radical (unpaired) electrons. The molecule has 0 saturated heterocycles. The number of benzene rings is 1. The van der Waals surface area contributed by atoms with Crippen LogP contribution in [-0.4, -0.2) is 16.3 Å². The van der Waals surface area contributed by atoms with Crippen LogP contribution in [0.1, 0.15) is 28.6 Å². The summed E-state index contributed by atoms with van der Waals surface area (Å²) in [6.45, 7) is 1.71. The number of aromatic nitrogens is 1. The van der Waals surface area contributed by atoms with Crippen LogP contribution in [0.4, 0.5) is 13.2 Å². The molecule has 1 aromatic heterocycles. The third-order valence-electron chi connectivity index (χ3n) is 3.88. The molecule has 2 N–H and O–H groups in total. The first-order chi connectivity index (χ1) is 10.9. The molecule has 1 heterocycles. The Labute approximate surface area is 131 Å². The lowest BCUT2D eigenvalue weighted by Crippen LogP contribution is -2.24. The van der Waals surface area contributed by atoms with E-state index in [4.69, 9.17) is 5.26 Å². The topological polar surface area (TPSA) is 61.0 Å². The monoisotopic (exact) mass is 323 g/mol. The molecule has 1 unspecified atom stereocenters. The first-order valence-electron chi connectivity index (χ1n) is 6.93. The Morgan fingerprint density at radius 3 is 2.35 bits per heavy atom. The minimum Gasteiger partial charge on any atom is -0.394 e. The third-order valence-corrected chi connectivity index (χ3v) is 3.88. The number of aliphatic hydroxyl groups excluding tert-OH is 1. The number of aliphatic hydroxyl groups is 1. The van der Waals surface area contributed by atoms with Gasteiger partial charge in [-0.05, 0) is 36.2 Å². The minimum atomic E-state index is -1.54. The number of halogens is 3. The highest BCUT2D eigenvalue weighted by molar-refractivity contribution is 5.34. The lowest BCUT2D eigenvalue weighted by molar-refractivity contribution is 0.242. The summed E-state index contributed by atoms with van der Waals surface area (Å²) in [6, 6.07) is 4.70. The average molecular weight is 323 g/mol. The smallest absolute Gasteiger partial charge is 0.194 e. The molecular formula is C16H16F3N3O. The molecule has 0 aliphatic rings. The Kier molecular flexibility index (Phi) is 5.08. The molecule has 0 fully saturated rings. The fourth-order valence-electron chi connectivity index (χ4n) is 2.35. The quantitative estimate of drug-likeness (QED) is 0.831. The van der Waals surface area contributed by atoms with Crippen LogP contribution in [0.15, 0.2) is 18.2 Å². The molecule has 7 heteroatoms. The van der Waals surface area contributed by atoms with Crippen molar-refractivity contribution in [1.82, 2.24) is 9.88 Å². The predicted molar refractivity (Wildman–Crippen MR) is 77.8 cm³/mol. The molecule has 23 heavy (non-hydrogen) atoms. The molecule has 2 aromatic rings. The van der Waals surface area contributed by atoms with E-state index in [-0.39, 0.29) is 12.1 Å². The summed E-state index contributed by atoms with van der Waals surface area (Å²) in [7, 11) is 1.76. The number of nitrogens with one attached hydrogen (secondary N) is 1. The lowest BCUT2D eigenvalue weighted by atomic mass is 10.1. The highest BCUT2D eigenvalue weighted by Gasteiger charge is 2.17. The fraction of sp³-hybridized carbons (Fsp3) is 0.312. The molecule has 0 bridgehead atoms. The van der Waals surface area contributed by atoms with Gasteiger partial charge in [0.2, 0.25) is 0 Å². The second-order valence-electron chi connectivity index (χ2n) is 5.23. The maximum Gasteiger partial charge on any atom is 0.194 e. The van der Waals surface area contributed by atoms with E-state index < -0.39 is 30.1 Å². The lowest BCUT2D eigenvalue weighted by Gasteiger charge is -2.17. The van der Waals surface area contributed by atoms with Crippen LogP contribution in [0.3, 0.4) is 0 Å². The number of rotatable bonds is 5. The van der Waals surface area contributed by atoms with Crippen molar-refractivity contribution in [2.45, 2.75) is 19.5 Å². The highest BCUT2D eigenvalue weighted by atomic mass is 19.2. The van der Waals surface area contributed by atoms with Crippen LogP contribution in [0, 0.1) is 35.7 Å². The van der Waals surface area contributed by atoms with E-state index in [9.17, 15) is 18.3 Å². The van der Waals surface area contributed by atoms with Gasteiger partial charge in [-0.25, -0.2) is 13.2 Å². The SMILES string of the molecule is Cc1c(CNC(CO)c2cc(F)c(F)c(F)c2)cc(C#N)n1C. The number of nitrogens with zero attached hydrogens (tertiary/aromatic N) is 2. The van der Waals surface area contributed by atoms with Gasteiger partial charge >= 0.3 is 0 Å². The minimum absolute atomic E-state index is 0.109. The summed E-state index contributed by atoms with van der Waals surface area (Å²) in [6.07, 6.45) is 0. The standard InChI is InChI=1S/C16H16F3N3O/c1-9-11(3-12(6-20)22(9)2)7-21-15(8-23)10-4-13(17)16(19)14(18)5-10/h3-5,15,21,23H,7-8H2,1-2H3. The average Bonchev–Trinajstić information content (AvgIpc) is 2.80. The molecule has 0 saturated carbocycles. The van der Waals surface area contributed by atoms with Crippen molar-refractivity contribution in [1.29, 1.82) is 5.26 Å². The summed E-state index contributed by atoms with van der Waals surface area (Å²) < 4.78 is 41.3. The van der Waals surface area contributed by atoms with Crippen LogP contribution >= 0.6 is 0 Å². The van der Waals surface area contributed by atoms with E-state index in [0.717, 1.165) is 23.4 Å². The maximum atomic E-state index is 13.3. The van der Waals surface area contributed by atoms with Gasteiger partial charge in [-0.15, -0.1) is 0 Å². The van der Waals surface area contributed by atoms with E-state index in [1.807, 2.05) is 6.92 Å². The van der Waals surface area contributed by atoms with Crippen molar-refractivity contribution in [3.63, 3.8) is 0 Å². The molecule has 2 rings (SSSR count). The Morgan fingerprint density at radius 1 is 1.26 bits per heavy atom. The second-order valence-corrected chi connectivity index (χ2v) is 5.23. The van der Waals surface area contributed by atoms with Gasteiger partial charge in [0.15, 0.2) is 17.5 Å². The fourth-order valence-corrected chi connectivity index (χ4v) is 2.35. The maximum absolute atomic E-state index is 13.3. The highest BCUT2D eigenvalue weighted by Crippen LogP contribution is 2.20. The van der Waals surface area contributed by atoms with Crippen molar-refractivity contribution in [2.75, 3.05) is 6.61 Å². The van der Waals surface area contributed by atoms with E-state index in [0.29, 0.717) is 5.69 Å². The molecule has 1 atom stereocenters. The zero-order valence-corrected chi connectivity index (χ0v) is 12.7. The zero-order valence-electron chi connectivity index (χ0n) is 12.7. The summed E-state index contributed by atoms with van der Waals surface area (Å²) in [4.78, 5) is 0. The Bertz CT molecular complexity index is 742. The van der Waals surface area contributed by atoms with Crippen molar-refractivity contribution in [3.8, 4) is 6.07 Å².